The largest absolute Gasteiger partial charge is 0.495 e. The second-order valence-electron chi connectivity index (χ2n) is 6.20. The number of benzene rings is 2. The Morgan fingerprint density at radius 2 is 1.69 bits per heavy atom. The number of ether oxygens (including phenoxy) is 2. The monoisotopic (exact) mass is 420 g/mol. The molecule has 0 aliphatic heterocycles. The number of sulfonamides is 1. The van der Waals surface area contributed by atoms with Gasteiger partial charge in [-0.15, -0.1) is 0 Å². The molecule has 156 valence electrons. The molecule has 9 heteroatoms. The highest BCUT2D eigenvalue weighted by atomic mass is 32.2. The van der Waals surface area contributed by atoms with E-state index < -0.39 is 22.6 Å². The van der Waals surface area contributed by atoms with Crippen LogP contribution in [0.25, 0.3) is 0 Å². The van der Waals surface area contributed by atoms with Gasteiger partial charge in [0.1, 0.15) is 10.6 Å². The van der Waals surface area contributed by atoms with Crippen LogP contribution in [0.1, 0.15) is 17.3 Å². The van der Waals surface area contributed by atoms with Crippen molar-refractivity contribution in [2.45, 2.75) is 11.8 Å². The van der Waals surface area contributed by atoms with E-state index in [0.29, 0.717) is 12.2 Å². The molecule has 0 bridgehead atoms. The van der Waals surface area contributed by atoms with Crippen LogP contribution in [-0.4, -0.2) is 59.0 Å². The zero-order valence-corrected chi connectivity index (χ0v) is 17.6. The SMILES string of the molecule is CCN(C(=O)COC(=O)c1ccc(OC)c(S(=O)(=O)N(C)C)c1)c1ccccc1. The summed E-state index contributed by atoms with van der Waals surface area (Å²) in [7, 11) is 0.255. The number of carbonyl (C=O) groups is 2. The number of para-hydroxylation sites is 1. The molecule has 2 aromatic carbocycles. The summed E-state index contributed by atoms with van der Waals surface area (Å²) in [6.45, 7) is 1.76. The normalized spacial score (nSPS) is 11.2. The lowest BCUT2D eigenvalue weighted by molar-refractivity contribution is -0.121. The minimum absolute atomic E-state index is 0.00165. The topological polar surface area (TPSA) is 93.2 Å². The first kappa shape index (κ1) is 22.4. The number of anilines is 1. The lowest BCUT2D eigenvalue weighted by Gasteiger charge is -2.21. The zero-order chi connectivity index (χ0) is 21.6. The van der Waals surface area contributed by atoms with Gasteiger partial charge in [0.25, 0.3) is 5.91 Å². The quantitative estimate of drug-likeness (QED) is 0.608. The second kappa shape index (κ2) is 9.53. The molecule has 0 radical (unpaired) electrons. The van der Waals surface area contributed by atoms with Crippen LogP contribution in [0.2, 0.25) is 0 Å². The average Bonchev–Trinajstić information content (AvgIpc) is 2.72. The van der Waals surface area contributed by atoms with Crippen LogP contribution in [0.3, 0.4) is 0 Å². The number of likely N-dealkylation sites (N-methyl/N-ethyl adjacent to an activating group) is 1. The molecule has 0 atom stereocenters. The zero-order valence-electron chi connectivity index (χ0n) is 16.8. The Kier molecular flexibility index (Phi) is 7.35. The van der Waals surface area contributed by atoms with Gasteiger partial charge in [-0.25, -0.2) is 17.5 Å². The predicted octanol–water partition coefficient (Wildman–Crippen LogP) is 2.16. The van der Waals surface area contributed by atoms with Crippen LogP contribution in [0.4, 0.5) is 5.69 Å². The third-order valence-corrected chi connectivity index (χ3v) is 6.01. The van der Waals surface area contributed by atoms with Crippen LogP contribution in [-0.2, 0) is 19.6 Å². The highest BCUT2D eigenvalue weighted by Gasteiger charge is 2.25. The van der Waals surface area contributed by atoms with Crippen LogP contribution in [0.5, 0.6) is 5.75 Å². The van der Waals surface area contributed by atoms with E-state index in [2.05, 4.69) is 0 Å². The Labute approximate surface area is 170 Å². The summed E-state index contributed by atoms with van der Waals surface area (Å²) in [6, 6.07) is 13.0. The number of hydrogen-bond donors (Lipinski definition) is 0. The number of esters is 1. The van der Waals surface area contributed by atoms with E-state index in [1.54, 1.807) is 24.3 Å². The Balaban J connectivity index is 2.18. The molecule has 0 aliphatic rings. The van der Waals surface area contributed by atoms with Crippen molar-refractivity contribution in [3.05, 3.63) is 54.1 Å². The van der Waals surface area contributed by atoms with E-state index in [4.69, 9.17) is 9.47 Å². The van der Waals surface area contributed by atoms with Gasteiger partial charge in [0.15, 0.2) is 6.61 Å². The van der Waals surface area contributed by atoms with Crippen molar-refractivity contribution < 1.29 is 27.5 Å². The van der Waals surface area contributed by atoms with Crippen molar-refractivity contribution in [3.63, 3.8) is 0 Å². The molecule has 0 heterocycles. The summed E-state index contributed by atoms with van der Waals surface area (Å²) in [6.07, 6.45) is 0. The number of rotatable bonds is 8. The molecule has 0 aliphatic carbocycles. The van der Waals surface area contributed by atoms with E-state index in [-0.39, 0.29) is 22.1 Å². The molecule has 0 N–H and O–H groups in total. The van der Waals surface area contributed by atoms with Crippen molar-refractivity contribution in [2.24, 2.45) is 0 Å². The molecule has 0 saturated carbocycles. The molecule has 0 aromatic heterocycles. The Morgan fingerprint density at radius 1 is 1.03 bits per heavy atom. The van der Waals surface area contributed by atoms with Crippen molar-refractivity contribution in [1.82, 2.24) is 4.31 Å². The highest BCUT2D eigenvalue weighted by molar-refractivity contribution is 7.89. The second-order valence-corrected chi connectivity index (χ2v) is 8.32. The van der Waals surface area contributed by atoms with Crippen LogP contribution in [0, 0.1) is 0 Å². The smallest absolute Gasteiger partial charge is 0.338 e. The molecular formula is C20H24N2O6S. The van der Waals surface area contributed by atoms with E-state index in [0.717, 1.165) is 4.31 Å². The molecule has 2 aromatic rings. The number of nitrogens with zero attached hydrogens (tertiary/aromatic N) is 2. The summed E-state index contributed by atoms with van der Waals surface area (Å²) in [5.74, 6) is -1.09. The molecule has 0 spiro atoms. The molecule has 29 heavy (non-hydrogen) atoms. The van der Waals surface area contributed by atoms with Crippen molar-refractivity contribution in [2.75, 3.05) is 39.3 Å². The van der Waals surface area contributed by atoms with Gasteiger partial charge >= 0.3 is 5.97 Å². The molecule has 0 unspecified atom stereocenters. The van der Waals surface area contributed by atoms with Gasteiger partial charge in [0.05, 0.1) is 12.7 Å². The molecule has 0 fully saturated rings. The highest BCUT2D eigenvalue weighted by Crippen LogP contribution is 2.27. The maximum Gasteiger partial charge on any atom is 0.338 e. The van der Waals surface area contributed by atoms with Gasteiger partial charge in [-0.1, -0.05) is 18.2 Å². The van der Waals surface area contributed by atoms with Crippen LogP contribution >= 0.6 is 0 Å². The first-order valence-corrected chi connectivity index (χ1v) is 10.3. The molecule has 0 saturated heterocycles. The van der Waals surface area contributed by atoms with Gasteiger partial charge in [-0.2, -0.15) is 0 Å². The van der Waals surface area contributed by atoms with E-state index >= 15 is 0 Å². The third-order valence-electron chi connectivity index (χ3n) is 4.17. The Morgan fingerprint density at radius 3 is 2.24 bits per heavy atom. The van der Waals surface area contributed by atoms with Gasteiger partial charge in [0.2, 0.25) is 10.0 Å². The fraction of sp³-hybridized carbons (Fsp3) is 0.300. The summed E-state index contributed by atoms with van der Waals surface area (Å²) in [5.41, 5.74) is 0.696. The Bertz CT molecular complexity index is 974. The van der Waals surface area contributed by atoms with E-state index in [9.17, 15) is 18.0 Å². The number of carbonyl (C=O) groups excluding carboxylic acids is 2. The predicted molar refractivity (Wildman–Crippen MR) is 109 cm³/mol. The first-order valence-electron chi connectivity index (χ1n) is 8.85. The van der Waals surface area contributed by atoms with Gasteiger partial charge < -0.3 is 14.4 Å². The number of hydrogen-bond acceptors (Lipinski definition) is 6. The number of methoxy groups -OCH3 is 1. The van der Waals surface area contributed by atoms with Crippen molar-refractivity contribution in [3.8, 4) is 5.75 Å². The minimum Gasteiger partial charge on any atom is -0.495 e. The summed E-state index contributed by atoms with van der Waals surface area (Å²) in [5, 5.41) is 0. The Hall–Kier alpha value is -2.91. The third kappa shape index (κ3) is 5.12. The molecule has 2 rings (SSSR count). The minimum atomic E-state index is -3.83. The maximum absolute atomic E-state index is 12.5. The molecule has 1 amide bonds. The first-order chi connectivity index (χ1) is 13.7. The van der Waals surface area contributed by atoms with Crippen molar-refractivity contribution >= 4 is 27.6 Å². The van der Waals surface area contributed by atoms with Crippen LogP contribution in [0.15, 0.2) is 53.4 Å². The summed E-state index contributed by atoms with van der Waals surface area (Å²) >= 11 is 0. The average molecular weight is 420 g/mol. The van der Waals surface area contributed by atoms with Gasteiger partial charge in [-0.05, 0) is 37.3 Å². The summed E-state index contributed by atoms with van der Waals surface area (Å²) in [4.78, 5) is 26.2. The van der Waals surface area contributed by atoms with Gasteiger partial charge in [0, 0.05) is 26.3 Å². The summed E-state index contributed by atoms with van der Waals surface area (Å²) < 4.78 is 36.2. The number of amides is 1. The molecule has 8 nitrogen and oxygen atoms in total. The fourth-order valence-corrected chi connectivity index (χ4v) is 3.68. The van der Waals surface area contributed by atoms with Crippen molar-refractivity contribution in [1.29, 1.82) is 0 Å². The maximum atomic E-state index is 12.5. The van der Waals surface area contributed by atoms with Gasteiger partial charge in [-0.3, -0.25) is 4.79 Å². The lowest BCUT2D eigenvalue weighted by atomic mass is 10.2. The standard InChI is InChI=1S/C20H24N2O6S/c1-5-22(16-9-7-6-8-10-16)19(23)14-28-20(24)15-11-12-17(27-4)18(13-15)29(25,26)21(2)3/h6-13H,5,14H2,1-4H3. The van der Waals surface area contributed by atoms with Crippen LogP contribution < -0.4 is 9.64 Å². The van der Waals surface area contributed by atoms with E-state index in [1.165, 1.54) is 44.3 Å². The lowest BCUT2D eigenvalue weighted by Crippen LogP contribution is -2.34. The molecular weight excluding hydrogens is 396 g/mol. The fourth-order valence-electron chi connectivity index (χ4n) is 2.60. The van der Waals surface area contributed by atoms with E-state index in [1.807, 2.05) is 13.0 Å².